The van der Waals surface area contributed by atoms with Crippen LogP contribution in [0.1, 0.15) is 49.3 Å². The Kier molecular flexibility index (Phi) is 7.44. The van der Waals surface area contributed by atoms with Crippen molar-refractivity contribution in [3.63, 3.8) is 0 Å². The second-order valence-electron chi connectivity index (χ2n) is 10.4. The van der Waals surface area contributed by atoms with Crippen LogP contribution in [0, 0.1) is 6.92 Å². The van der Waals surface area contributed by atoms with Crippen LogP contribution in [0.2, 0.25) is 0 Å². The molecule has 2 heterocycles. The lowest BCUT2D eigenvalue weighted by Crippen LogP contribution is -2.47. The van der Waals surface area contributed by atoms with Crippen LogP contribution < -0.4 is 20.7 Å². The Balaban J connectivity index is 1.75. The SMILES string of the molecule is Cc1cccc(-c2c(-c3cccc(OC(F)(F)F)c3)cc3n2C(CCNC(=O)NC(C)(C)C)CNC3=O)c1. The molecule has 2 aromatic carbocycles. The molecule has 3 aromatic rings. The van der Waals surface area contributed by atoms with Crippen molar-refractivity contribution in [1.82, 2.24) is 20.5 Å². The molecule has 1 aliphatic rings. The molecule has 10 heteroatoms. The van der Waals surface area contributed by atoms with Crippen molar-refractivity contribution < 1.29 is 27.5 Å². The Morgan fingerprint density at radius 1 is 1.08 bits per heavy atom. The van der Waals surface area contributed by atoms with E-state index < -0.39 is 6.36 Å². The zero-order valence-corrected chi connectivity index (χ0v) is 21.7. The third kappa shape index (κ3) is 6.48. The molecule has 0 saturated carbocycles. The normalized spacial score (nSPS) is 15.4. The molecule has 1 atom stereocenters. The van der Waals surface area contributed by atoms with Crippen molar-refractivity contribution in [2.45, 2.75) is 52.1 Å². The number of hydrogen-bond acceptors (Lipinski definition) is 3. The minimum absolute atomic E-state index is 0.198. The van der Waals surface area contributed by atoms with E-state index >= 15 is 0 Å². The van der Waals surface area contributed by atoms with Gasteiger partial charge in [0.2, 0.25) is 0 Å². The van der Waals surface area contributed by atoms with Crippen LogP contribution in [-0.4, -0.2) is 41.5 Å². The van der Waals surface area contributed by atoms with Gasteiger partial charge in [0.25, 0.3) is 5.91 Å². The van der Waals surface area contributed by atoms with E-state index in [-0.39, 0.29) is 29.3 Å². The van der Waals surface area contributed by atoms with Crippen molar-refractivity contribution in [1.29, 1.82) is 0 Å². The highest BCUT2D eigenvalue weighted by Crippen LogP contribution is 2.40. The van der Waals surface area contributed by atoms with Crippen LogP contribution in [-0.2, 0) is 0 Å². The van der Waals surface area contributed by atoms with Crippen molar-refractivity contribution in [3.8, 4) is 28.1 Å². The number of carbonyl (C=O) groups excluding carboxylic acids is 2. The number of rotatable bonds is 6. The number of nitrogens with one attached hydrogen (secondary N) is 3. The minimum atomic E-state index is -4.82. The average Bonchev–Trinajstić information content (AvgIpc) is 3.20. The van der Waals surface area contributed by atoms with E-state index in [0.717, 1.165) is 11.1 Å². The standard InChI is InChI=1S/C28H31F3N4O3/c1-17-7-5-9-19(13-17)24-22(18-8-6-10-21(14-18)38-28(29,30)31)15-23-25(36)33-16-20(35(23)24)11-12-32-26(37)34-27(2,3)4/h5-10,13-15,20H,11-12,16H2,1-4H3,(H,33,36)(H2,32,34,37). The Morgan fingerprint density at radius 2 is 1.79 bits per heavy atom. The molecule has 38 heavy (non-hydrogen) atoms. The maximum absolute atomic E-state index is 12.9. The molecule has 7 nitrogen and oxygen atoms in total. The third-order valence-electron chi connectivity index (χ3n) is 6.05. The molecule has 0 saturated heterocycles. The number of nitrogens with zero attached hydrogens (tertiary/aromatic N) is 1. The highest BCUT2D eigenvalue weighted by atomic mass is 19.4. The molecule has 3 N–H and O–H groups in total. The minimum Gasteiger partial charge on any atom is -0.406 e. The number of aryl methyl sites for hydroxylation is 1. The molecule has 4 rings (SSSR count). The first-order valence-corrected chi connectivity index (χ1v) is 12.3. The summed E-state index contributed by atoms with van der Waals surface area (Å²) in [5.41, 5.74) is 3.65. The van der Waals surface area contributed by atoms with E-state index in [0.29, 0.717) is 42.0 Å². The first-order valence-electron chi connectivity index (χ1n) is 12.3. The van der Waals surface area contributed by atoms with Crippen LogP contribution in [0.4, 0.5) is 18.0 Å². The summed E-state index contributed by atoms with van der Waals surface area (Å²) in [5, 5.41) is 8.62. The van der Waals surface area contributed by atoms with Crippen molar-refractivity contribution in [2.24, 2.45) is 0 Å². The van der Waals surface area contributed by atoms with E-state index in [1.807, 2.05) is 56.5 Å². The topological polar surface area (TPSA) is 84.4 Å². The van der Waals surface area contributed by atoms with Crippen molar-refractivity contribution >= 4 is 11.9 Å². The maximum Gasteiger partial charge on any atom is 0.573 e. The van der Waals surface area contributed by atoms with Gasteiger partial charge in [-0.15, -0.1) is 13.2 Å². The molecule has 202 valence electrons. The quantitative estimate of drug-likeness (QED) is 0.378. The number of carbonyl (C=O) groups is 2. The predicted octanol–water partition coefficient (Wildman–Crippen LogP) is 5.80. The van der Waals surface area contributed by atoms with Gasteiger partial charge in [0.15, 0.2) is 0 Å². The Bertz CT molecular complexity index is 1340. The Labute approximate surface area is 219 Å². The van der Waals surface area contributed by atoms with Gasteiger partial charge in [-0.05, 0) is 69.5 Å². The van der Waals surface area contributed by atoms with E-state index in [2.05, 4.69) is 20.7 Å². The van der Waals surface area contributed by atoms with E-state index in [4.69, 9.17) is 0 Å². The van der Waals surface area contributed by atoms with Gasteiger partial charge in [-0.3, -0.25) is 4.79 Å². The van der Waals surface area contributed by atoms with Gasteiger partial charge >= 0.3 is 12.4 Å². The lowest BCUT2D eigenvalue weighted by atomic mass is 9.99. The van der Waals surface area contributed by atoms with E-state index in [1.54, 1.807) is 12.1 Å². The lowest BCUT2D eigenvalue weighted by molar-refractivity contribution is -0.274. The molecule has 0 aliphatic carbocycles. The zero-order chi connectivity index (χ0) is 27.7. The van der Waals surface area contributed by atoms with Gasteiger partial charge < -0.3 is 25.3 Å². The summed E-state index contributed by atoms with van der Waals surface area (Å²) in [6, 6.07) is 14.7. The molecule has 0 bridgehead atoms. The van der Waals surface area contributed by atoms with Gasteiger partial charge in [0.05, 0.1) is 11.7 Å². The Morgan fingerprint density at radius 3 is 2.47 bits per heavy atom. The van der Waals surface area contributed by atoms with Crippen LogP contribution in [0.3, 0.4) is 0 Å². The fourth-order valence-corrected chi connectivity index (χ4v) is 4.61. The van der Waals surface area contributed by atoms with E-state index in [1.165, 1.54) is 18.2 Å². The fourth-order valence-electron chi connectivity index (χ4n) is 4.61. The number of aromatic nitrogens is 1. The molecule has 3 amide bonds. The number of halogens is 3. The number of hydrogen-bond donors (Lipinski definition) is 3. The summed E-state index contributed by atoms with van der Waals surface area (Å²) in [5.74, 6) is -0.619. The maximum atomic E-state index is 12.9. The number of ether oxygens (including phenoxy) is 1. The number of urea groups is 1. The second-order valence-corrected chi connectivity index (χ2v) is 10.4. The van der Waals surface area contributed by atoms with Crippen LogP contribution in [0.5, 0.6) is 5.75 Å². The molecule has 0 radical (unpaired) electrons. The molecule has 1 unspecified atom stereocenters. The monoisotopic (exact) mass is 528 g/mol. The largest absolute Gasteiger partial charge is 0.573 e. The highest BCUT2D eigenvalue weighted by molar-refractivity contribution is 5.98. The smallest absolute Gasteiger partial charge is 0.406 e. The molecule has 1 aromatic heterocycles. The van der Waals surface area contributed by atoms with Crippen molar-refractivity contribution in [3.05, 3.63) is 65.9 Å². The van der Waals surface area contributed by atoms with Gasteiger partial charge in [-0.25, -0.2) is 4.79 Å². The van der Waals surface area contributed by atoms with Crippen molar-refractivity contribution in [2.75, 3.05) is 13.1 Å². The third-order valence-corrected chi connectivity index (χ3v) is 6.05. The summed E-state index contributed by atoms with van der Waals surface area (Å²) in [4.78, 5) is 25.2. The Hall–Kier alpha value is -3.95. The van der Waals surface area contributed by atoms with Crippen LogP contribution >= 0.6 is 0 Å². The summed E-state index contributed by atoms with van der Waals surface area (Å²) in [7, 11) is 0. The summed E-state index contributed by atoms with van der Waals surface area (Å²) < 4.78 is 44.8. The first-order chi connectivity index (χ1) is 17.8. The summed E-state index contributed by atoms with van der Waals surface area (Å²) >= 11 is 0. The van der Waals surface area contributed by atoms with E-state index in [9.17, 15) is 22.8 Å². The molecule has 0 fully saturated rings. The number of alkyl halides is 3. The number of fused-ring (bicyclic) bond motifs is 1. The number of amides is 3. The van der Waals surface area contributed by atoms with Gasteiger partial charge in [-0.2, -0.15) is 0 Å². The summed E-state index contributed by atoms with van der Waals surface area (Å²) in [6.07, 6.45) is -4.30. The van der Waals surface area contributed by atoms with Gasteiger partial charge in [0.1, 0.15) is 11.4 Å². The fraction of sp³-hybridized carbons (Fsp3) is 0.357. The zero-order valence-electron chi connectivity index (χ0n) is 21.7. The highest BCUT2D eigenvalue weighted by Gasteiger charge is 2.33. The van der Waals surface area contributed by atoms with Crippen LogP contribution in [0.25, 0.3) is 22.4 Å². The van der Waals surface area contributed by atoms with Gasteiger partial charge in [0, 0.05) is 24.2 Å². The average molecular weight is 529 g/mol. The lowest BCUT2D eigenvalue weighted by Gasteiger charge is -2.29. The predicted molar refractivity (Wildman–Crippen MR) is 139 cm³/mol. The molecule has 1 aliphatic heterocycles. The van der Waals surface area contributed by atoms with Gasteiger partial charge in [-0.1, -0.05) is 35.9 Å². The number of benzene rings is 2. The first kappa shape index (κ1) is 27.1. The molecular formula is C28H31F3N4O3. The molecular weight excluding hydrogens is 497 g/mol. The summed E-state index contributed by atoms with van der Waals surface area (Å²) in [6.45, 7) is 8.32. The second kappa shape index (κ2) is 10.4. The van der Waals surface area contributed by atoms with Crippen LogP contribution in [0.15, 0.2) is 54.6 Å². The molecule has 0 spiro atoms.